The summed E-state index contributed by atoms with van der Waals surface area (Å²) >= 11 is 13.8. The number of aliphatic hydroxyl groups is 1. The molecule has 2 aliphatic rings. The van der Waals surface area contributed by atoms with Crippen LogP contribution in [0, 0.1) is 5.41 Å². The van der Waals surface area contributed by atoms with E-state index in [0.29, 0.717) is 11.4 Å². The van der Waals surface area contributed by atoms with E-state index in [1.165, 1.54) is 11.8 Å². The molecule has 1 aliphatic heterocycles. The first-order valence-corrected chi connectivity index (χ1v) is 11.5. The lowest BCUT2D eigenvalue weighted by atomic mass is 9.74. The number of nitrogens with two attached hydrogens (primary N) is 1. The number of pyridine rings is 1. The van der Waals surface area contributed by atoms with E-state index < -0.39 is 0 Å². The maximum absolute atomic E-state index is 10.1. The highest BCUT2D eigenvalue weighted by atomic mass is 35.5. The quantitative estimate of drug-likeness (QED) is 0.571. The van der Waals surface area contributed by atoms with Gasteiger partial charge in [0.25, 0.3) is 0 Å². The van der Waals surface area contributed by atoms with Gasteiger partial charge in [0, 0.05) is 48.8 Å². The number of hydrogen-bond donors (Lipinski definition) is 2. The molecule has 0 amide bonds. The van der Waals surface area contributed by atoms with Crippen molar-refractivity contribution in [2.24, 2.45) is 11.1 Å². The largest absolute Gasteiger partial charge is 0.393 e. The van der Waals surface area contributed by atoms with Crippen molar-refractivity contribution in [3.8, 4) is 0 Å². The fraction of sp³-hybridized carbons (Fsp3) is 0.450. The molecule has 2 atom stereocenters. The van der Waals surface area contributed by atoms with Gasteiger partial charge < -0.3 is 15.7 Å². The molecule has 1 spiro atoms. The number of aromatic nitrogens is 4. The number of aliphatic hydroxyl groups excluding tert-OH is 1. The van der Waals surface area contributed by atoms with E-state index in [0.717, 1.165) is 53.7 Å². The van der Waals surface area contributed by atoms with Gasteiger partial charge in [-0.1, -0.05) is 35.0 Å². The van der Waals surface area contributed by atoms with Gasteiger partial charge in [-0.2, -0.15) is 0 Å². The zero-order valence-electron chi connectivity index (χ0n) is 16.2. The summed E-state index contributed by atoms with van der Waals surface area (Å²) in [6.45, 7) is 1.72. The number of piperidine rings is 1. The summed E-state index contributed by atoms with van der Waals surface area (Å²) in [5.41, 5.74) is 7.25. The SMILES string of the molecule is N[C@@H]1C[C@H](O)CC12CCN(c1ncc(Sc3ccnc(Cl)c3Cl)c3nccn13)CC2. The fourth-order valence-electron chi connectivity index (χ4n) is 4.76. The molecule has 2 fully saturated rings. The minimum atomic E-state index is -0.269. The maximum atomic E-state index is 10.1. The summed E-state index contributed by atoms with van der Waals surface area (Å²) in [5, 5.41) is 10.8. The zero-order valence-corrected chi connectivity index (χ0v) is 18.5. The van der Waals surface area contributed by atoms with E-state index in [9.17, 15) is 5.11 Å². The number of nitrogens with zero attached hydrogens (tertiary/aromatic N) is 5. The van der Waals surface area contributed by atoms with Gasteiger partial charge in [0.1, 0.15) is 5.15 Å². The third kappa shape index (κ3) is 3.44. The van der Waals surface area contributed by atoms with Crippen molar-refractivity contribution in [3.63, 3.8) is 0 Å². The van der Waals surface area contributed by atoms with Gasteiger partial charge in [-0.15, -0.1) is 0 Å². The first kappa shape index (κ1) is 20.3. The van der Waals surface area contributed by atoms with E-state index in [2.05, 4.69) is 14.9 Å². The van der Waals surface area contributed by atoms with Gasteiger partial charge in [-0.25, -0.2) is 15.0 Å². The van der Waals surface area contributed by atoms with Crippen molar-refractivity contribution in [3.05, 3.63) is 41.0 Å². The monoisotopic (exact) mass is 464 g/mol. The van der Waals surface area contributed by atoms with Crippen molar-refractivity contribution in [1.82, 2.24) is 19.4 Å². The Hall–Kier alpha value is -1.58. The van der Waals surface area contributed by atoms with Crippen LogP contribution in [0.3, 0.4) is 0 Å². The summed E-state index contributed by atoms with van der Waals surface area (Å²) in [7, 11) is 0. The highest BCUT2D eigenvalue weighted by Crippen LogP contribution is 2.46. The molecule has 0 radical (unpaired) electrons. The smallest absolute Gasteiger partial charge is 0.211 e. The second kappa shape index (κ2) is 7.84. The summed E-state index contributed by atoms with van der Waals surface area (Å²) in [6, 6.07) is 1.90. The Bertz CT molecular complexity index is 1080. The molecule has 1 saturated heterocycles. The Labute approximate surface area is 188 Å². The molecule has 3 aromatic rings. The molecule has 3 N–H and O–H groups in total. The molecule has 158 valence electrons. The molecular formula is C20H22Cl2N6OS. The van der Waals surface area contributed by atoms with Gasteiger partial charge in [-0.3, -0.25) is 4.40 Å². The van der Waals surface area contributed by atoms with E-state index >= 15 is 0 Å². The topological polar surface area (TPSA) is 92.6 Å². The number of imidazole rings is 1. The van der Waals surface area contributed by atoms with Crippen LogP contribution in [-0.2, 0) is 0 Å². The molecule has 7 nitrogen and oxygen atoms in total. The average Bonchev–Trinajstić information content (AvgIpc) is 3.32. The summed E-state index contributed by atoms with van der Waals surface area (Å²) in [6.07, 6.45) is 10.3. The Morgan fingerprint density at radius 2 is 1.93 bits per heavy atom. The molecule has 0 bridgehead atoms. The standard InChI is InChI=1S/C20H22Cl2N6OS/c21-16-13(1-4-24-17(16)22)30-14-11-26-19(28-8-5-25-18(14)28)27-6-2-20(3-7-27)10-12(29)9-15(20)23/h1,4-5,8,11-12,15,29H,2-3,6-7,9-10,23H2/t12-,15+/m0/s1. The number of rotatable bonds is 3. The van der Waals surface area contributed by atoms with Crippen LogP contribution in [0.25, 0.3) is 5.65 Å². The lowest BCUT2D eigenvalue weighted by molar-refractivity contribution is 0.141. The third-order valence-electron chi connectivity index (χ3n) is 6.40. The van der Waals surface area contributed by atoms with E-state index in [1.54, 1.807) is 12.4 Å². The zero-order chi connectivity index (χ0) is 20.9. The average molecular weight is 465 g/mol. The first-order valence-electron chi connectivity index (χ1n) is 9.95. The Kier molecular flexibility index (Phi) is 5.31. The molecule has 4 heterocycles. The third-order valence-corrected chi connectivity index (χ3v) is 8.35. The minimum absolute atomic E-state index is 0.0527. The van der Waals surface area contributed by atoms with E-state index in [1.807, 2.05) is 22.9 Å². The number of halogens is 2. The molecule has 1 aliphatic carbocycles. The van der Waals surface area contributed by atoms with Gasteiger partial charge in [-0.05, 0) is 37.2 Å². The minimum Gasteiger partial charge on any atom is -0.393 e. The first-order chi connectivity index (χ1) is 14.5. The van der Waals surface area contributed by atoms with Crippen molar-refractivity contribution in [2.75, 3.05) is 18.0 Å². The van der Waals surface area contributed by atoms with E-state index in [4.69, 9.17) is 33.9 Å². The van der Waals surface area contributed by atoms with Crippen LogP contribution in [0.1, 0.15) is 25.7 Å². The molecule has 5 rings (SSSR count). The van der Waals surface area contributed by atoms with Gasteiger partial charge in [0.05, 0.1) is 16.0 Å². The predicted octanol–water partition coefficient (Wildman–Crippen LogP) is 3.65. The fourth-order valence-corrected chi connectivity index (χ4v) is 6.10. The van der Waals surface area contributed by atoms with Crippen LogP contribution >= 0.6 is 35.0 Å². The normalized spacial score (nSPS) is 23.5. The van der Waals surface area contributed by atoms with Crippen LogP contribution in [-0.4, -0.2) is 49.7 Å². The molecule has 30 heavy (non-hydrogen) atoms. The molecule has 0 unspecified atom stereocenters. The van der Waals surface area contributed by atoms with Crippen molar-refractivity contribution >= 4 is 46.6 Å². The van der Waals surface area contributed by atoms with Crippen LogP contribution in [0.4, 0.5) is 5.95 Å². The Morgan fingerprint density at radius 3 is 2.67 bits per heavy atom. The van der Waals surface area contributed by atoms with Gasteiger partial charge in [0.2, 0.25) is 5.95 Å². The lowest BCUT2D eigenvalue weighted by Gasteiger charge is -2.42. The van der Waals surface area contributed by atoms with Gasteiger partial charge >= 0.3 is 0 Å². The number of fused-ring (bicyclic) bond motifs is 1. The Morgan fingerprint density at radius 1 is 1.13 bits per heavy atom. The van der Waals surface area contributed by atoms with Gasteiger partial charge in [0.15, 0.2) is 5.65 Å². The summed E-state index contributed by atoms with van der Waals surface area (Å²) in [4.78, 5) is 17.3. The summed E-state index contributed by atoms with van der Waals surface area (Å²) < 4.78 is 2.01. The molecule has 10 heteroatoms. The van der Waals surface area contributed by atoms with Crippen molar-refractivity contribution in [1.29, 1.82) is 0 Å². The molecular weight excluding hydrogens is 443 g/mol. The molecule has 0 aromatic carbocycles. The van der Waals surface area contributed by atoms with Crippen molar-refractivity contribution in [2.45, 2.75) is 47.6 Å². The highest BCUT2D eigenvalue weighted by Gasteiger charge is 2.46. The van der Waals surface area contributed by atoms with Crippen LogP contribution < -0.4 is 10.6 Å². The summed E-state index contributed by atoms with van der Waals surface area (Å²) in [5.74, 6) is 0.868. The van der Waals surface area contributed by atoms with Crippen molar-refractivity contribution < 1.29 is 5.11 Å². The highest BCUT2D eigenvalue weighted by molar-refractivity contribution is 7.99. The maximum Gasteiger partial charge on any atom is 0.211 e. The second-order valence-corrected chi connectivity index (χ2v) is 9.93. The van der Waals surface area contributed by atoms with Crippen LogP contribution in [0.2, 0.25) is 10.2 Å². The molecule has 1 saturated carbocycles. The van der Waals surface area contributed by atoms with Crippen LogP contribution in [0.5, 0.6) is 0 Å². The van der Waals surface area contributed by atoms with Crippen LogP contribution in [0.15, 0.2) is 40.6 Å². The lowest BCUT2D eigenvalue weighted by Crippen LogP contribution is -2.47. The number of hydrogen-bond acceptors (Lipinski definition) is 7. The number of anilines is 1. The van der Waals surface area contributed by atoms with E-state index in [-0.39, 0.29) is 22.7 Å². The predicted molar refractivity (Wildman–Crippen MR) is 118 cm³/mol. The second-order valence-electron chi connectivity index (χ2n) is 8.11. The molecule has 3 aromatic heterocycles. The Balaban J connectivity index is 1.40.